The first-order valence-corrected chi connectivity index (χ1v) is 23.0. The van der Waals surface area contributed by atoms with Crippen LogP contribution in [0.1, 0.15) is 52.7 Å². The van der Waals surface area contributed by atoms with Crippen molar-refractivity contribution >= 4 is 65.8 Å². The molecule has 0 N–H and O–H groups in total. The fourth-order valence-corrected chi connectivity index (χ4v) is 8.14. The second-order valence-corrected chi connectivity index (χ2v) is 25.2. The van der Waals surface area contributed by atoms with Gasteiger partial charge < -0.3 is 9.80 Å². The molecule has 0 radical (unpaired) electrons. The largest absolute Gasteiger partial charge is 0.309 e. The fraction of sp³-hybridized carbons (Fsp3) is 0.318. The summed E-state index contributed by atoms with van der Waals surface area (Å²) in [6.07, 6.45) is 14.0. The van der Waals surface area contributed by atoms with Gasteiger partial charge in [0, 0.05) is 22.7 Å². The van der Waals surface area contributed by atoms with Crippen molar-refractivity contribution in [2.45, 2.75) is 62.2 Å². The summed E-state index contributed by atoms with van der Waals surface area (Å²) in [5.74, 6) is 0. The van der Waals surface area contributed by atoms with Crippen molar-refractivity contribution in [1.82, 2.24) is 0 Å². The lowest BCUT2D eigenvalue weighted by Gasteiger charge is -2.33. The molecule has 5 rings (SSSR count). The number of benzene rings is 5. The van der Waals surface area contributed by atoms with Crippen LogP contribution in [-0.4, -0.2) is 37.5 Å². The van der Waals surface area contributed by atoms with Crippen molar-refractivity contribution in [3.63, 3.8) is 0 Å². The van der Waals surface area contributed by atoms with E-state index in [1.54, 1.807) is 0 Å². The molecule has 5 heteroatoms. The van der Waals surface area contributed by atoms with Crippen molar-refractivity contribution in [2.75, 3.05) is 47.3 Å². The Labute approximate surface area is 305 Å². The first-order valence-electron chi connectivity index (χ1n) is 16.9. The molecular weight excluding hydrogens is 656 g/mol. The lowest BCUT2D eigenvalue weighted by Crippen LogP contribution is -2.16. The molecule has 5 aromatic carbocycles. The summed E-state index contributed by atoms with van der Waals surface area (Å²) in [6.45, 7) is 13.5. The maximum absolute atomic E-state index is 7.64. The molecule has 0 aliphatic rings. The van der Waals surface area contributed by atoms with Crippen LogP contribution in [0.2, 0.25) is 5.02 Å². The first-order chi connectivity index (χ1) is 22.7. The van der Waals surface area contributed by atoms with Crippen molar-refractivity contribution in [1.29, 1.82) is 0 Å². The minimum absolute atomic E-state index is 0.0594. The number of halogens is 1. The maximum Gasteiger partial charge on any atom is 0.0887 e. The van der Waals surface area contributed by atoms with Crippen LogP contribution in [0.3, 0.4) is 0 Å². The number of hydrogen-bond acceptors (Lipinski definition) is 2. The van der Waals surface area contributed by atoms with Crippen molar-refractivity contribution in [3.8, 4) is 0 Å². The van der Waals surface area contributed by atoms with Crippen molar-refractivity contribution in [3.05, 3.63) is 131 Å². The Kier molecular flexibility index (Phi) is 10.4. The summed E-state index contributed by atoms with van der Waals surface area (Å²) in [5, 5.41) is 0.693. The van der Waals surface area contributed by atoms with Crippen LogP contribution >= 0.6 is 31.7 Å². The molecule has 2 nitrogen and oxygen atoms in total. The zero-order valence-electron chi connectivity index (χ0n) is 31.6. The predicted molar refractivity (Wildman–Crippen MR) is 225 cm³/mol. The summed E-state index contributed by atoms with van der Waals surface area (Å²) in [6, 6.07) is 42.4. The van der Waals surface area contributed by atoms with Crippen LogP contribution in [0, 0.1) is 0 Å². The number of hydrogen-bond donors (Lipinski definition) is 0. The normalized spacial score (nSPS) is 13.2. The van der Waals surface area contributed by atoms with E-state index < -0.39 is 20.1 Å². The number of rotatable bonds is 8. The summed E-state index contributed by atoms with van der Waals surface area (Å²) in [7, 11) is -1.71. The average Bonchev–Trinajstić information content (AvgIpc) is 3.02. The SMILES string of the molecule is CC(C)(C)c1ccc(N(c2ccc(C(C)(C)C)cc2)c2cccc(N(c3ccc(S(C)(C)C)cc3)c3ccc(S(C)(C)C)cc3)c2Cl)cc1. The van der Waals surface area contributed by atoms with Gasteiger partial charge in [-0.2, -0.15) is 0 Å². The van der Waals surface area contributed by atoms with Crippen molar-refractivity contribution in [2.24, 2.45) is 0 Å². The van der Waals surface area contributed by atoms with Gasteiger partial charge in [0.2, 0.25) is 0 Å². The average molecular weight is 712 g/mol. The van der Waals surface area contributed by atoms with Gasteiger partial charge in [0.25, 0.3) is 0 Å². The highest BCUT2D eigenvalue weighted by molar-refractivity contribution is 8.32. The standard InChI is InChI=1S/C44H55ClN2S2/c1-43(2,3)32-16-20-34(21-17-32)46(35-22-18-33(19-23-35)44(4,5)6)40-14-13-15-41(42(40)45)47(36-24-28-38(29-25-36)48(7,8)9)37-26-30-39(31-27-37)49(10,11)12/h13-31H,1-12H3. The van der Waals surface area contributed by atoms with Gasteiger partial charge in [0.15, 0.2) is 0 Å². The monoisotopic (exact) mass is 710 g/mol. The lowest BCUT2D eigenvalue weighted by molar-refractivity contribution is 0.590. The molecule has 0 aliphatic heterocycles. The fourth-order valence-electron chi connectivity index (χ4n) is 5.94. The van der Waals surface area contributed by atoms with Gasteiger partial charge in [-0.15, -0.1) is 0 Å². The van der Waals surface area contributed by atoms with E-state index in [9.17, 15) is 0 Å². The molecular formula is C44H55ClN2S2. The van der Waals surface area contributed by atoms with Crippen molar-refractivity contribution < 1.29 is 0 Å². The Hall–Kier alpha value is -3.31. The first kappa shape index (κ1) is 37.0. The molecule has 0 aromatic heterocycles. The van der Waals surface area contributed by atoms with Gasteiger partial charge in [-0.3, -0.25) is 0 Å². The van der Waals surface area contributed by atoms with E-state index >= 15 is 0 Å². The molecule has 0 aliphatic carbocycles. The molecule has 49 heavy (non-hydrogen) atoms. The Morgan fingerprint density at radius 3 is 0.918 bits per heavy atom. The highest BCUT2D eigenvalue weighted by Gasteiger charge is 2.24. The smallest absolute Gasteiger partial charge is 0.0887 e. The Morgan fingerprint density at radius 2 is 0.673 bits per heavy atom. The Balaban J connectivity index is 1.71. The van der Waals surface area contributed by atoms with E-state index in [-0.39, 0.29) is 10.8 Å². The predicted octanol–water partition coefficient (Wildman–Crippen LogP) is 14.0. The van der Waals surface area contributed by atoms with E-state index in [1.165, 1.54) is 20.9 Å². The molecule has 0 amide bonds. The van der Waals surface area contributed by atoms with Crippen LogP contribution in [0.15, 0.2) is 125 Å². The maximum atomic E-state index is 7.64. The summed E-state index contributed by atoms with van der Waals surface area (Å²) >= 11 is 7.64. The molecule has 260 valence electrons. The van der Waals surface area contributed by atoms with Crippen LogP contribution in [0.4, 0.5) is 34.1 Å². The lowest BCUT2D eigenvalue weighted by atomic mass is 9.86. The second kappa shape index (κ2) is 13.8. The molecule has 0 heterocycles. The number of anilines is 6. The van der Waals surface area contributed by atoms with E-state index in [0.717, 1.165) is 34.1 Å². The minimum atomic E-state index is -0.857. The summed E-state index contributed by atoms with van der Waals surface area (Å²) in [5.41, 5.74) is 8.88. The Bertz CT molecular complexity index is 1620. The molecule has 0 fully saturated rings. The molecule has 0 unspecified atom stereocenters. The molecule has 5 aromatic rings. The summed E-state index contributed by atoms with van der Waals surface area (Å²) in [4.78, 5) is 7.36. The molecule has 0 saturated heterocycles. The van der Waals surface area contributed by atoms with E-state index in [4.69, 9.17) is 11.6 Å². The van der Waals surface area contributed by atoms with Crippen LogP contribution < -0.4 is 9.80 Å². The highest BCUT2D eigenvalue weighted by Crippen LogP contribution is 2.50. The van der Waals surface area contributed by atoms with Crippen LogP contribution in [0.5, 0.6) is 0 Å². The van der Waals surface area contributed by atoms with Gasteiger partial charge in [0.05, 0.1) is 16.4 Å². The van der Waals surface area contributed by atoms with Crippen LogP contribution in [-0.2, 0) is 10.8 Å². The third-order valence-corrected chi connectivity index (χ3v) is 12.8. The van der Waals surface area contributed by atoms with Gasteiger partial charge in [0.1, 0.15) is 0 Å². The molecule has 0 bridgehead atoms. The van der Waals surface area contributed by atoms with Gasteiger partial charge in [-0.05, 0) is 154 Å². The number of nitrogens with zero attached hydrogens (tertiary/aromatic N) is 2. The molecule has 0 atom stereocenters. The zero-order chi connectivity index (χ0) is 35.9. The quantitative estimate of drug-likeness (QED) is 0.158. The van der Waals surface area contributed by atoms with Gasteiger partial charge in [-0.1, -0.05) is 83.5 Å². The third kappa shape index (κ3) is 8.36. The minimum Gasteiger partial charge on any atom is -0.309 e. The highest BCUT2D eigenvalue weighted by atomic mass is 35.5. The Morgan fingerprint density at radius 1 is 0.408 bits per heavy atom. The topological polar surface area (TPSA) is 6.48 Å². The molecule has 0 spiro atoms. The van der Waals surface area contributed by atoms with E-state index in [0.29, 0.717) is 5.02 Å². The molecule has 0 saturated carbocycles. The van der Waals surface area contributed by atoms with E-state index in [1.807, 2.05) is 0 Å². The van der Waals surface area contributed by atoms with Crippen LogP contribution in [0.25, 0.3) is 0 Å². The second-order valence-electron chi connectivity index (χ2n) is 16.5. The van der Waals surface area contributed by atoms with Gasteiger partial charge in [-0.25, -0.2) is 20.1 Å². The van der Waals surface area contributed by atoms with E-state index in [2.05, 4.69) is 204 Å². The van der Waals surface area contributed by atoms with Gasteiger partial charge >= 0.3 is 0 Å². The third-order valence-electron chi connectivity index (χ3n) is 9.03. The zero-order valence-corrected chi connectivity index (χ0v) is 33.9. The summed E-state index contributed by atoms with van der Waals surface area (Å²) < 4.78 is 0.